The van der Waals surface area contributed by atoms with Crippen molar-refractivity contribution in [3.05, 3.63) is 406 Å². The topological polar surface area (TPSA) is 32.3 Å². The van der Waals surface area contributed by atoms with Crippen molar-refractivity contribution in [1.29, 1.82) is 0 Å². The molecule has 0 spiro atoms. The summed E-state index contributed by atoms with van der Waals surface area (Å²) in [6.45, 7) is -0.317. The van der Waals surface area contributed by atoms with E-state index in [2.05, 4.69) is 416 Å². The SMILES string of the molecule is c1ccc(-c2ccc(N3c4cc(-c5nc(-c6cc(-c7ccccc7)cc(-c7ccccc7)c6)cc(-c6cc(-c7ccccc7)cc(-c7ccccc7)c6)n5)cc5c4B(c4cc6c7cccc8cccc(c9cccc(c43)c96)c87)c3cc4c6cccc7cccc(c8cccc(c3N5c3ccc(-c5ccccc5)cc3)c84)c76)cc2)cc1. The maximum Gasteiger partial charge on any atom is 0.252 e. The third-order valence-electron chi connectivity index (χ3n) is 24.6. The number of fused-ring (bicyclic) bond motifs is 10. The second-order valence-corrected chi connectivity index (χ2v) is 31.0. The summed E-state index contributed by atoms with van der Waals surface area (Å²) in [5.74, 6) is 0.597. The lowest BCUT2D eigenvalue weighted by atomic mass is 9.33. The fourth-order valence-electron chi connectivity index (χ4n) is 19.5. The van der Waals surface area contributed by atoms with Gasteiger partial charge in [0.25, 0.3) is 6.71 Å². The zero-order valence-corrected chi connectivity index (χ0v) is 62.5. The van der Waals surface area contributed by atoms with Gasteiger partial charge in [-0.3, -0.25) is 0 Å². The first-order valence-electron chi connectivity index (χ1n) is 39.8. The molecule has 21 aromatic carbocycles. The molecule has 0 radical (unpaired) electrons. The maximum atomic E-state index is 6.08. The standard InChI is InChI=1S/C110H67BN4/c1-7-25-68(26-8-1)74-49-53-85(54-50-74)114-101-63-84(110-112-99(82-59-78(70-29-11-3-12-30-70)57-79(60-82)71-31-13-4-14-32-71)67-100(113-110)83-61-80(72-33-15-5-16-34-72)58-81(62-83)73-35-17-6-18-36-73)64-102-107(101)111(97-65-95-91-43-21-39-76-37-19-41-87(103(76)91)89-45-23-47-93(105(89)95)108(97)114)98-66-96-92-44-22-40-77-38-20-42-88(104(77)92)90-46-24-48-94(106(90)96)109(98)115(102)86-55-51-75(52-56-86)69-27-9-2-10-28-69/h1-67H. The molecule has 0 N–H and O–H groups in total. The molecule has 0 saturated carbocycles. The Balaban J connectivity index is 0.862. The second kappa shape index (κ2) is 25.8. The van der Waals surface area contributed by atoms with Crippen molar-refractivity contribution in [3.63, 3.8) is 0 Å². The molecule has 24 rings (SSSR count). The van der Waals surface area contributed by atoms with Gasteiger partial charge in [-0.15, -0.1) is 0 Å². The molecule has 1 aromatic heterocycles. The van der Waals surface area contributed by atoms with Gasteiger partial charge in [-0.2, -0.15) is 0 Å². The molecule has 3 heterocycles. The van der Waals surface area contributed by atoms with Gasteiger partial charge in [-0.05, 0) is 237 Å². The van der Waals surface area contributed by atoms with Gasteiger partial charge in [-0.25, -0.2) is 9.97 Å². The largest absolute Gasteiger partial charge is 0.311 e. The van der Waals surface area contributed by atoms with E-state index in [0.717, 1.165) is 129 Å². The lowest BCUT2D eigenvalue weighted by Crippen LogP contribution is -2.61. The Labute approximate surface area is 665 Å². The molecule has 115 heavy (non-hydrogen) atoms. The van der Waals surface area contributed by atoms with Crippen LogP contribution in [0.5, 0.6) is 0 Å². The van der Waals surface area contributed by atoms with Gasteiger partial charge >= 0.3 is 0 Å². The molecule has 530 valence electrons. The highest BCUT2D eigenvalue weighted by atomic mass is 15.2. The van der Waals surface area contributed by atoms with Crippen molar-refractivity contribution < 1.29 is 0 Å². The monoisotopic (exact) mass is 1450 g/mol. The predicted molar refractivity (Wildman–Crippen MR) is 487 cm³/mol. The third-order valence-corrected chi connectivity index (χ3v) is 24.6. The van der Waals surface area contributed by atoms with Gasteiger partial charge in [0.1, 0.15) is 0 Å². The van der Waals surface area contributed by atoms with Gasteiger partial charge in [0.05, 0.1) is 11.4 Å². The Bertz CT molecular complexity index is 7090. The third kappa shape index (κ3) is 10.3. The molecule has 0 fully saturated rings. The molecular formula is C110H67BN4. The Morgan fingerprint density at radius 1 is 0.191 bits per heavy atom. The van der Waals surface area contributed by atoms with Crippen LogP contribution in [0.2, 0.25) is 0 Å². The number of nitrogens with zero attached hydrogens (tertiary/aromatic N) is 4. The molecule has 0 saturated heterocycles. The lowest BCUT2D eigenvalue weighted by Gasteiger charge is -2.45. The van der Waals surface area contributed by atoms with Crippen LogP contribution in [0.15, 0.2) is 406 Å². The maximum absolute atomic E-state index is 6.08. The van der Waals surface area contributed by atoms with Crippen LogP contribution in [0.4, 0.5) is 34.1 Å². The number of benzene rings is 21. The number of anilines is 6. The van der Waals surface area contributed by atoms with Gasteiger partial charge < -0.3 is 9.80 Å². The van der Waals surface area contributed by atoms with Crippen LogP contribution in [0.3, 0.4) is 0 Å². The van der Waals surface area contributed by atoms with Crippen LogP contribution < -0.4 is 26.2 Å². The molecule has 4 nitrogen and oxygen atoms in total. The molecule has 0 atom stereocenters. The van der Waals surface area contributed by atoms with Crippen LogP contribution >= 0.6 is 0 Å². The van der Waals surface area contributed by atoms with E-state index in [-0.39, 0.29) is 6.71 Å². The van der Waals surface area contributed by atoms with Gasteiger partial charge in [0.2, 0.25) is 0 Å². The van der Waals surface area contributed by atoms with E-state index in [4.69, 9.17) is 9.97 Å². The van der Waals surface area contributed by atoms with Crippen LogP contribution in [0.25, 0.3) is 187 Å². The average Bonchev–Trinajstić information content (AvgIpc) is 0.672. The first-order chi connectivity index (χ1) is 57.0. The van der Waals surface area contributed by atoms with Gasteiger partial charge in [-0.1, -0.05) is 328 Å². The highest BCUT2D eigenvalue weighted by Crippen LogP contribution is 2.54. The molecule has 0 amide bonds. The molecule has 0 unspecified atom stereocenters. The highest BCUT2D eigenvalue weighted by molar-refractivity contribution is 7.01. The first-order valence-corrected chi connectivity index (χ1v) is 39.8. The number of rotatable bonds is 11. The van der Waals surface area contributed by atoms with E-state index in [9.17, 15) is 0 Å². The van der Waals surface area contributed by atoms with Crippen molar-refractivity contribution in [1.82, 2.24) is 9.97 Å². The molecule has 5 heteroatoms. The molecule has 2 aliphatic heterocycles. The van der Waals surface area contributed by atoms with E-state index in [1.807, 2.05) is 0 Å². The summed E-state index contributed by atoms with van der Waals surface area (Å²) in [4.78, 5) is 17.4. The van der Waals surface area contributed by atoms with E-state index in [1.54, 1.807) is 0 Å². The minimum absolute atomic E-state index is 0.317. The Kier molecular flexibility index (Phi) is 14.5. The van der Waals surface area contributed by atoms with Crippen molar-refractivity contribution in [2.75, 3.05) is 9.80 Å². The quantitative estimate of drug-likeness (QED) is 0.0734. The smallest absolute Gasteiger partial charge is 0.252 e. The Morgan fingerprint density at radius 3 is 0.809 bits per heavy atom. The average molecular weight is 1460 g/mol. The van der Waals surface area contributed by atoms with Crippen LogP contribution in [0, 0.1) is 0 Å². The van der Waals surface area contributed by atoms with Gasteiger partial charge in [0.15, 0.2) is 5.82 Å². The van der Waals surface area contributed by atoms with Crippen molar-refractivity contribution in [3.8, 4) is 101 Å². The summed E-state index contributed by atoms with van der Waals surface area (Å²) in [5, 5.41) is 19.9. The van der Waals surface area contributed by atoms with E-state index in [0.29, 0.717) is 5.82 Å². The lowest BCUT2D eigenvalue weighted by molar-refractivity contribution is 1.18. The first kappa shape index (κ1) is 64.8. The molecule has 2 aliphatic rings. The fraction of sp³-hybridized carbons (Fsp3) is 0. The van der Waals surface area contributed by atoms with Gasteiger partial charge in [0, 0.05) is 61.6 Å². The van der Waals surface area contributed by atoms with Crippen LogP contribution in [-0.4, -0.2) is 16.7 Å². The van der Waals surface area contributed by atoms with Crippen molar-refractivity contribution in [2.45, 2.75) is 0 Å². The number of hydrogen-bond donors (Lipinski definition) is 0. The summed E-state index contributed by atoms with van der Waals surface area (Å²) in [6, 6.07) is 151. The number of hydrogen-bond acceptors (Lipinski definition) is 4. The second-order valence-electron chi connectivity index (χ2n) is 31.0. The Hall–Kier alpha value is -15.0. The van der Waals surface area contributed by atoms with Crippen molar-refractivity contribution >= 4 is 143 Å². The normalized spacial score (nSPS) is 12.5. The molecule has 0 aliphatic carbocycles. The fourth-order valence-corrected chi connectivity index (χ4v) is 19.5. The zero-order valence-electron chi connectivity index (χ0n) is 62.5. The summed E-state index contributed by atoms with van der Waals surface area (Å²) >= 11 is 0. The van der Waals surface area contributed by atoms with Crippen LogP contribution in [0.1, 0.15) is 0 Å². The molecule has 0 bridgehead atoms. The summed E-state index contributed by atoms with van der Waals surface area (Å²) < 4.78 is 0. The predicted octanol–water partition coefficient (Wildman–Crippen LogP) is 27.7. The summed E-state index contributed by atoms with van der Waals surface area (Å²) in [7, 11) is 0. The van der Waals surface area contributed by atoms with Crippen molar-refractivity contribution in [2.24, 2.45) is 0 Å². The summed E-state index contributed by atoms with van der Waals surface area (Å²) in [5.41, 5.74) is 28.0. The highest BCUT2D eigenvalue weighted by Gasteiger charge is 2.46. The Morgan fingerprint density at radius 2 is 0.470 bits per heavy atom. The minimum atomic E-state index is -0.317. The summed E-state index contributed by atoms with van der Waals surface area (Å²) in [6.07, 6.45) is 0. The minimum Gasteiger partial charge on any atom is -0.311 e. The van der Waals surface area contributed by atoms with E-state index in [1.165, 1.54) is 103 Å². The van der Waals surface area contributed by atoms with Crippen LogP contribution in [-0.2, 0) is 0 Å². The molecular weight excluding hydrogens is 1390 g/mol. The van der Waals surface area contributed by atoms with E-state index < -0.39 is 0 Å². The molecule has 22 aromatic rings. The van der Waals surface area contributed by atoms with E-state index >= 15 is 0 Å². The zero-order chi connectivity index (χ0) is 75.3. The number of aromatic nitrogens is 2.